The summed E-state index contributed by atoms with van der Waals surface area (Å²) < 4.78 is 6.01. The van der Waals surface area contributed by atoms with Gasteiger partial charge in [0.1, 0.15) is 5.75 Å². The number of amidine groups is 1. The number of aliphatic carboxylic acids is 1. The molecule has 1 atom stereocenters. The molecule has 2 aliphatic heterocycles. The summed E-state index contributed by atoms with van der Waals surface area (Å²) in [5, 5.41) is 11.8. The lowest BCUT2D eigenvalue weighted by Gasteiger charge is -2.33. The first-order valence-electron chi connectivity index (χ1n) is 9.68. The topological polar surface area (TPSA) is 62.1 Å². The maximum Gasteiger partial charge on any atom is 0.335 e. The van der Waals surface area contributed by atoms with Crippen molar-refractivity contribution in [2.75, 3.05) is 0 Å². The minimum atomic E-state index is -1.02. The Kier molecular flexibility index (Phi) is 9.19. The molecule has 0 spiro atoms. The SMILES string of the molecule is CC1=C(C(=O)O)[C@H](c2ccccc2OC(C)C)N2C=C(c3c(Cl)cccc3Cl)SC2=N1.Cl.Cl. The van der Waals surface area contributed by atoms with E-state index in [4.69, 9.17) is 27.9 Å². The third-order valence-electron chi connectivity index (χ3n) is 4.90. The molecule has 5 nitrogen and oxygen atoms in total. The number of fused-ring (bicyclic) bond motifs is 1. The first-order chi connectivity index (χ1) is 14.8. The zero-order valence-electron chi connectivity index (χ0n) is 17.9. The predicted molar refractivity (Wildman–Crippen MR) is 141 cm³/mol. The summed E-state index contributed by atoms with van der Waals surface area (Å²) >= 11 is 14.3. The van der Waals surface area contributed by atoms with Gasteiger partial charge in [0.05, 0.1) is 33.5 Å². The minimum absolute atomic E-state index is 0. The van der Waals surface area contributed by atoms with Crippen molar-refractivity contribution in [1.29, 1.82) is 0 Å². The lowest BCUT2D eigenvalue weighted by atomic mass is 9.94. The number of hydrogen-bond acceptors (Lipinski definition) is 5. The van der Waals surface area contributed by atoms with Crippen LogP contribution in [0.25, 0.3) is 4.91 Å². The fraction of sp³-hybridized carbons (Fsp3) is 0.217. The fourth-order valence-electron chi connectivity index (χ4n) is 3.66. The van der Waals surface area contributed by atoms with E-state index in [1.54, 1.807) is 25.1 Å². The van der Waals surface area contributed by atoms with Crippen molar-refractivity contribution in [3.05, 3.63) is 81.1 Å². The van der Waals surface area contributed by atoms with Crippen molar-refractivity contribution >= 4 is 75.8 Å². The molecular weight excluding hydrogens is 526 g/mol. The minimum Gasteiger partial charge on any atom is -0.491 e. The van der Waals surface area contributed by atoms with Crippen molar-refractivity contribution < 1.29 is 14.6 Å². The molecule has 0 saturated carbocycles. The third-order valence-corrected chi connectivity index (χ3v) is 6.54. The number of hydrogen-bond donors (Lipinski definition) is 1. The molecule has 2 aromatic rings. The molecule has 0 aromatic heterocycles. The van der Waals surface area contributed by atoms with Crippen LogP contribution in [0.4, 0.5) is 0 Å². The normalized spacial score (nSPS) is 17.0. The lowest BCUT2D eigenvalue weighted by Crippen LogP contribution is -2.33. The number of para-hydroxylation sites is 1. The molecule has 33 heavy (non-hydrogen) atoms. The van der Waals surface area contributed by atoms with Gasteiger partial charge < -0.3 is 14.7 Å². The Balaban J connectivity index is 0.00000193. The molecule has 1 N–H and O–H groups in total. The van der Waals surface area contributed by atoms with Crippen LogP contribution >= 0.6 is 59.8 Å². The van der Waals surface area contributed by atoms with E-state index in [-0.39, 0.29) is 36.5 Å². The predicted octanol–water partition coefficient (Wildman–Crippen LogP) is 7.44. The van der Waals surface area contributed by atoms with Gasteiger partial charge in [0.25, 0.3) is 0 Å². The van der Waals surface area contributed by atoms with Gasteiger partial charge in [-0.15, -0.1) is 24.8 Å². The Labute approximate surface area is 219 Å². The summed E-state index contributed by atoms with van der Waals surface area (Å²) in [6, 6.07) is 12.2. The Hall–Kier alpha value is -1.83. The molecular formula is C23H22Cl4N2O3S. The van der Waals surface area contributed by atoms with Crippen molar-refractivity contribution in [3.63, 3.8) is 0 Å². The van der Waals surface area contributed by atoms with Crippen LogP contribution in [-0.4, -0.2) is 27.2 Å². The summed E-state index contributed by atoms with van der Waals surface area (Å²) in [7, 11) is 0. The number of rotatable bonds is 5. The standard InChI is InChI=1S/C23H20Cl2N2O3S.2ClH/c1-12(2)30-17-10-5-4-7-14(17)21-19(22(28)29)13(3)26-23-27(21)11-18(31-23)20-15(24)8-6-9-16(20)25;;/h4-12,21H,1-3H3,(H,28,29);2*1H/t21-;;/m0../s1. The maximum atomic E-state index is 12.3. The molecule has 0 unspecified atom stereocenters. The Bertz CT molecular complexity index is 1140. The smallest absolute Gasteiger partial charge is 0.335 e. The zero-order chi connectivity index (χ0) is 22.3. The molecule has 0 radical (unpaired) electrons. The van der Waals surface area contributed by atoms with Crippen LogP contribution in [0, 0.1) is 0 Å². The highest BCUT2D eigenvalue weighted by Crippen LogP contribution is 2.50. The van der Waals surface area contributed by atoms with E-state index >= 15 is 0 Å². The second kappa shape index (κ2) is 11.1. The van der Waals surface area contributed by atoms with Crippen LogP contribution in [0.5, 0.6) is 5.75 Å². The van der Waals surface area contributed by atoms with Gasteiger partial charge in [-0.2, -0.15) is 0 Å². The molecule has 0 amide bonds. The number of allylic oxidation sites excluding steroid dienone is 1. The molecule has 0 aliphatic carbocycles. The van der Waals surface area contributed by atoms with Gasteiger partial charge in [0.2, 0.25) is 0 Å². The van der Waals surface area contributed by atoms with Gasteiger partial charge in [-0.25, -0.2) is 9.79 Å². The lowest BCUT2D eigenvalue weighted by molar-refractivity contribution is -0.133. The number of nitrogens with zero attached hydrogens (tertiary/aromatic N) is 2. The number of carboxylic acid groups (broad SMARTS) is 1. The van der Waals surface area contributed by atoms with Crippen LogP contribution in [0.1, 0.15) is 37.9 Å². The molecule has 2 aliphatic rings. The molecule has 10 heteroatoms. The number of carbonyl (C=O) groups is 1. The van der Waals surface area contributed by atoms with E-state index < -0.39 is 12.0 Å². The van der Waals surface area contributed by atoms with Crippen molar-refractivity contribution in [3.8, 4) is 5.75 Å². The van der Waals surface area contributed by atoms with Gasteiger partial charge in [-0.05, 0) is 50.7 Å². The number of carboxylic acids is 1. The summed E-state index contributed by atoms with van der Waals surface area (Å²) in [4.78, 5) is 19.5. The Morgan fingerprint density at radius 1 is 1.12 bits per heavy atom. The zero-order valence-corrected chi connectivity index (χ0v) is 21.9. The van der Waals surface area contributed by atoms with E-state index in [1.165, 1.54) is 11.8 Å². The van der Waals surface area contributed by atoms with Crippen LogP contribution in [0.3, 0.4) is 0 Å². The summed E-state index contributed by atoms with van der Waals surface area (Å²) in [5.41, 5.74) is 2.11. The molecule has 2 aromatic carbocycles. The van der Waals surface area contributed by atoms with E-state index in [0.717, 1.165) is 10.5 Å². The highest BCUT2D eigenvalue weighted by atomic mass is 35.5. The van der Waals surface area contributed by atoms with Crippen molar-refractivity contribution in [2.24, 2.45) is 4.99 Å². The van der Waals surface area contributed by atoms with E-state index in [0.29, 0.717) is 32.2 Å². The van der Waals surface area contributed by atoms with E-state index in [1.807, 2.05) is 49.2 Å². The first kappa shape index (κ1) is 27.4. The molecule has 176 valence electrons. The summed E-state index contributed by atoms with van der Waals surface area (Å²) in [6.07, 6.45) is 1.81. The van der Waals surface area contributed by atoms with Gasteiger partial charge in [0, 0.05) is 22.2 Å². The molecule has 0 bridgehead atoms. The number of thioether (sulfide) groups is 1. The summed E-state index contributed by atoms with van der Waals surface area (Å²) in [5.74, 6) is -0.384. The quantitative estimate of drug-likeness (QED) is 0.421. The van der Waals surface area contributed by atoms with E-state index in [9.17, 15) is 9.90 Å². The van der Waals surface area contributed by atoms with Crippen LogP contribution in [0.15, 0.2) is 64.9 Å². The Morgan fingerprint density at radius 2 is 1.76 bits per heavy atom. The second-order valence-electron chi connectivity index (χ2n) is 7.40. The Morgan fingerprint density at radius 3 is 2.36 bits per heavy atom. The van der Waals surface area contributed by atoms with Crippen LogP contribution < -0.4 is 4.74 Å². The monoisotopic (exact) mass is 546 g/mol. The van der Waals surface area contributed by atoms with Crippen molar-refractivity contribution in [2.45, 2.75) is 32.9 Å². The average Bonchev–Trinajstić information content (AvgIpc) is 3.09. The van der Waals surface area contributed by atoms with Crippen LogP contribution in [0.2, 0.25) is 10.0 Å². The van der Waals surface area contributed by atoms with Gasteiger partial charge in [-0.1, -0.05) is 47.5 Å². The first-order valence-corrected chi connectivity index (χ1v) is 11.3. The maximum absolute atomic E-state index is 12.3. The fourth-order valence-corrected chi connectivity index (χ4v) is 5.50. The molecule has 4 rings (SSSR count). The number of aliphatic imine (C=N–C) groups is 1. The van der Waals surface area contributed by atoms with E-state index in [2.05, 4.69) is 4.99 Å². The number of ether oxygens (including phenoxy) is 1. The molecule has 2 heterocycles. The number of halogens is 4. The highest BCUT2D eigenvalue weighted by Gasteiger charge is 2.40. The van der Waals surface area contributed by atoms with Crippen molar-refractivity contribution in [1.82, 2.24) is 4.90 Å². The largest absolute Gasteiger partial charge is 0.491 e. The number of benzene rings is 2. The van der Waals surface area contributed by atoms with Gasteiger partial charge in [0.15, 0.2) is 5.17 Å². The third kappa shape index (κ3) is 5.31. The highest BCUT2D eigenvalue weighted by molar-refractivity contribution is 8.22. The molecule has 0 saturated heterocycles. The average molecular weight is 548 g/mol. The van der Waals surface area contributed by atoms with Crippen LogP contribution in [-0.2, 0) is 4.79 Å². The van der Waals surface area contributed by atoms with Gasteiger partial charge in [-0.3, -0.25) is 0 Å². The summed E-state index contributed by atoms with van der Waals surface area (Å²) in [6.45, 7) is 5.59. The second-order valence-corrected chi connectivity index (χ2v) is 9.23. The molecule has 0 fully saturated rings. The van der Waals surface area contributed by atoms with Gasteiger partial charge >= 0.3 is 5.97 Å².